The Morgan fingerprint density at radius 2 is 2.05 bits per heavy atom. The second-order valence-electron chi connectivity index (χ2n) is 5.71. The predicted molar refractivity (Wildman–Crippen MR) is 72.6 cm³/mol. The van der Waals surface area contributed by atoms with Gasteiger partial charge in [-0.25, -0.2) is 14.3 Å². The van der Waals surface area contributed by atoms with Crippen molar-refractivity contribution in [1.82, 2.24) is 14.6 Å². The molecule has 0 aliphatic rings. The van der Waals surface area contributed by atoms with E-state index >= 15 is 0 Å². The molecule has 5 nitrogen and oxygen atoms in total. The first-order valence-corrected chi connectivity index (χ1v) is 6.47. The van der Waals surface area contributed by atoms with Gasteiger partial charge in [-0.3, -0.25) is 0 Å². The van der Waals surface area contributed by atoms with Crippen LogP contribution in [-0.4, -0.2) is 25.7 Å². The number of carbonyl (C=O) groups is 1. The number of rotatable bonds is 3. The highest BCUT2D eigenvalue weighted by Gasteiger charge is 2.25. The van der Waals surface area contributed by atoms with Crippen LogP contribution in [0.25, 0.3) is 5.52 Å². The average Bonchev–Trinajstić information content (AvgIpc) is 2.67. The average molecular weight is 261 g/mol. The van der Waals surface area contributed by atoms with Crippen molar-refractivity contribution >= 4 is 11.5 Å². The van der Waals surface area contributed by atoms with E-state index in [0.29, 0.717) is 11.3 Å². The van der Waals surface area contributed by atoms with Crippen LogP contribution in [-0.2, 0) is 11.8 Å². The Morgan fingerprint density at radius 3 is 2.58 bits per heavy atom. The standard InChI is InChI=1S/C14H19N3O2/c1-5-6-9-7-8-10-11(12(18)19)15-13(14(2,3)4)17(10)16-9/h7-8H,5-6H2,1-4H3,(H,18,19). The second-order valence-corrected chi connectivity index (χ2v) is 5.71. The number of aryl methyl sites for hydroxylation is 1. The van der Waals surface area contributed by atoms with Gasteiger partial charge in [-0.1, -0.05) is 34.1 Å². The molecule has 0 radical (unpaired) electrons. The lowest BCUT2D eigenvalue weighted by molar-refractivity contribution is 0.0693. The molecule has 0 saturated heterocycles. The van der Waals surface area contributed by atoms with Crippen molar-refractivity contribution in [3.8, 4) is 0 Å². The molecule has 0 bridgehead atoms. The van der Waals surface area contributed by atoms with E-state index in [2.05, 4.69) is 17.0 Å². The normalized spacial score (nSPS) is 12.0. The summed E-state index contributed by atoms with van der Waals surface area (Å²) in [6.07, 6.45) is 1.88. The summed E-state index contributed by atoms with van der Waals surface area (Å²) in [4.78, 5) is 15.5. The third kappa shape index (κ3) is 2.45. The predicted octanol–water partition coefficient (Wildman–Crippen LogP) is 2.68. The summed E-state index contributed by atoms with van der Waals surface area (Å²) in [5, 5.41) is 13.8. The molecule has 5 heteroatoms. The number of nitrogens with zero attached hydrogens (tertiary/aromatic N) is 3. The monoisotopic (exact) mass is 261 g/mol. The highest BCUT2D eigenvalue weighted by atomic mass is 16.4. The Morgan fingerprint density at radius 1 is 1.37 bits per heavy atom. The van der Waals surface area contributed by atoms with Gasteiger partial charge in [0.15, 0.2) is 5.69 Å². The number of imidazole rings is 1. The van der Waals surface area contributed by atoms with Crippen molar-refractivity contribution in [2.45, 2.75) is 46.0 Å². The molecule has 0 amide bonds. The molecule has 19 heavy (non-hydrogen) atoms. The van der Waals surface area contributed by atoms with Crippen molar-refractivity contribution in [3.05, 3.63) is 29.3 Å². The molecule has 0 atom stereocenters. The molecular weight excluding hydrogens is 242 g/mol. The van der Waals surface area contributed by atoms with Gasteiger partial charge >= 0.3 is 5.97 Å². The summed E-state index contributed by atoms with van der Waals surface area (Å²) in [5.41, 5.74) is 1.32. The summed E-state index contributed by atoms with van der Waals surface area (Å²) in [5.74, 6) is -0.337. The third-order valence-corrected chi connectivity index (χ3v) is 2.93. The van der Waals surface area contributed by atoms with Crippen molar-refractivity contribution in [1.29, 1.82) is 0 Å². The number of hydrogen-bond donors (Lipinski definition) is 1. The van der Waals surface area contributed by atoms with E-state index in [4.69, 9.17) is 0 Å². The Kier molecular flexibility index (Phi) is 3.30. The minimum atomic E-state index is -1.02. The summed E-state index contributed by atoms with van der Waals surface area (Å²) < 4.78 is 1.68. The Bertz CT molecular complexity index is 623. The maximum atomic E-state index is 11.3. The van der Waals surface area contributed by atoms with Crippen molar-refractivity contribution in [2.75, 3.05) is 0 Å². The zero-order valence-corrected chi connectivity index (χ0v) is 11.8. The van der Waals surface area contributed by atoms with Gasteiger partial charge < -0.3 is 5.11 Å². The molecule has 0 unspecified atom stereocenters. The summed E-state index contributed by atoms with van der Waals surface area (Å²) >= 11 is 0. The summed E-state index contributed by atoms with van der Waals surface area (Å²) in [7, 11) is 0. The van der Waals surface area contributed by atoms with Crippen molar-refractivity contribution < 1.29 is 9.90 Å². The van der Waals surface area contributed by atoms with Gasteiger partial charge in [0.1, 0.15) is 5.82 Å². The fourth-order valence-electron chi connectivity index (χ4n) is 2.04. The first-order valence-electron chi connectivity index (χ1n) is 6.47. The Labute approximate surface area is 112 Å². The van der Waals surface area contributed by atoms with Crippen molar-refractivity contribution in [2.24, 2.45) is 0 Å². The van der Waals surface area contributed by atoms with E-state index in [0.717, 1.165) is 18.5 Å². The van der Waals surface area contributed by atoms with E-state index in [-0.39, 0.29) is 11.1 Å². The molecule has 0 aromatic carbocycles. The Balaban J connectivity index is 2.73. The highest BCUT2D eigenvalue weighted by molar-refractivity contribution is 5.93. The zero-order valence-electron chi connectivity index (χ0n) is 11.8. The first-order chi connectivity index (χ1) is 8.84. The molecule has 0 spiro atoms. The number of hydrogen-bond acceptors (Lipinski definition) is 3. The molecule has 2 heterocycles. The summed E-state index contributed by atoms with van der Waals surface area (Å²) in [6.45, 7) is 8.10. The minimum Gasteiger partial charge on any atom is -0.476 e. The van der Waals surface area contributed by atoms with Crippen LogP contribution in [0.3, 0.4) is 0 Å². The molecule has 2 aromatic rings. The molecule has 0 fully saturated rings. The Hall–Kier alpha value is -1.91. The molecule has 0 saturated carbocycles. The van der Waals surface area contributed by atoms with Gasteiger partial charge in [0.2, 0.25) is 0 Å². The van der Waals surface area contributed by atoms with Crippen LogP contribution >= 0.6 is 0 Å². The molecule has 2 rings (SSSR count). The van der Waals surface area contributed by atoms with Crippen LogP contribution < -0.4 is 0 Å². The third-order valence-electron chi connectivity index (χ3n) is 2.93. The van der Waals surface area contributed by atoms with E-state index in [1.165, 1.54) is 0 Å². The van der Waals surface area contributed by atoms with Gasteiger partial charge in [0.05, 0.1) is 11.2 Å². The van der Waals surface area contributed by atoms with E-state index < -0.39 is 5.97 Å². The fourth-order valence-corrected chi connectivity index (χ4v) is 2.04. The summed E-state index contributed by atoms with van der Waals surface area (Å²) in [6, 6.07) is 3.67. The van der Waals surface area contributed by atoms with Gasteiger partial charge in [-0.05, 0) is 18.6 Å². The molecular formula is C14H19N3O2. The number of carboxylic acids is 1. The minimum absolute atomic E-state index is 0.0699. The zero-order chi connectivity index (χ0) is 14.2. The van der Waals surface area contributed by atoms with E-state index in [1.54, 1.807) is 10.6 Å². The maximum absolute atomic E-state index is 11.3. The molecule has 0 aliphatic heterocycles. The molecule has 1 N–H and O–H groups in total. The quantitative estimate of drug-likeness (QED) is 0.922. The van der Waals surface area contributed by atoms with Gasteiger partial charge in [0.25, 0.3) is 0 Å². The smallest absolute Gasteiger partial charge is 0.356 e. The van der Waals surface area contributed by atoms with Crippen LogP contribution in [0.1, 0.15) is 56.1 Å². The van der Waals surface area contributed by atoms with Crippen LogP contribution in [0, 0.1) is 0 Å². The van der Waals surface area contributed by atoms with Crippen LogP contribution in [0.4, 0.5) is 0 Å². The van der Waals surface area contributed by atoms with Gasteiger partial charge in [-0.15, -0.1) is 0 Å². The SMILES string of the molecule is CCCc1ccc2c(C(=O)O)nc(C(C)(C)C)n2n1. The largest absolute Gasteiger partial charge is 0.476 e. The lowest BCUT2D eigenvalue weighted by Crippen LogP contribution is -2.17. The van der Waals surface area contributed by atoms with E-state index in [9.17, 15) is 9.90 Å². The molecule has 0 aliphatic carbocycles. The maximum Gasteiger partial charge on any atom is 0.356 e. The van der Waals surface area contributed by atoms with Gasteiger partial charge in [-0.2, -0.15) is 5.10 Å². The number of aromatic nitrogens is 3. The number of fused-ring (bicyclic) bond motifs is 1. The number of aromatic carboxylic acids is 1. The van der Waals surface area contributed by atoms with Crippen LogP contribution in [0.15, 0.2) is 12.1 Å². The van der Waals surface area contributed by atoms with Crippen molar-refractivity contribution in [3.63, 3.8) is 0 Å². The lowest BCUT2D eigenvalue weighted by atomic mass is 9.96. The number of carboxylic acid groups (broad SMARTS) is 1. The lowest BCUT2D eigenvalue weighted by Gasteiger charge is -2.16. The second kappa shape index (κ2) is 4.64. The van der Waals surface area contributed by atoms with Crippen LogP contribution in [0.2, 0.25) is 0 Å². The van der Waals surface area contributed by atoms with E-state index in [1.807, 2.05) is 26.8 Å². The van der Waals surface area contributed by atoms with Gasteiger partial charge in [0, 0.05) is 5.41 Å². The highest BCUT2D eigenvalue weighted by Crippen LogP contribution is 2.24. The topological polar surface area (TPSA) is 67.5 Å². The molecule has 102 valence electrons. The van der Waals surface area contributed by atoms with Crippen LogP contribution in [0.5, 0.6) is 0 Å². The fraction of sp³-hybridized carbons (Fsp3) is 0.500. The first kappa shape index (κ1) is 13.5. The molecule has 2 aromatic heterocycles.